The molecule has 1 aliphatic rings. The molecule has 0 bridgehead atoms. The van der Waals surface area contributed by atoms with Crippen molar-refractivity contribution in [1.29, 1.82) is 0 Å². The molecular weight excluding hydrogens is 236 g/mol. The minimum atomic E-state index is 0.0481. The van der Waals surface area contributed by atoms with Crippen molar-refractivity contribution < 1.29 is 9.53 Å². The summed E-state index contributed by atoms with van der Waals surface area (Å²) in [7, 11) is 0. The summed E-state index contributed by atoms with van der Waals surface area (Å²) >= 11 is 0. The van der Waals surface area contributed by atoms with Crippen LogP contribution in [0.25, 0.3) is 0 Å². The molecule has 3 rings (SSSR count). The molecule has 2 aromatic rings. The van der Waals surface area contributed by atoms with Crippen molar-refractivity contribution in [2.75, 3.05) is 0 Å². The average molecular weight is 252 g/mol. The molecule has 1 fully saturated rings. The maximum Gasteiger partial charge on any atom is 0.140 e. The van der Waals surface area contributed by atoms with E-state index in [0.29, 0.717) is 18.8 Å². The Hall–Kier alpha value is -2.09. The van der Waals surface area contributed by atoms with Crippen molar-refractivity contribution in [3.8, 4) is 5.75 Å². The van der Waals surface area contributed by atoms with Gasteiger partial charge in [-0.15, -0.1) is 0 Å². The van der Waals surface area contributed by atoms with Crippen LogP contribution in [0.3, 0.4) is 0 Å². The summed E-state index contributed by atoms with van der Waals surface area (Å²) in [5.74, 6) is 1.21. The third-order valence-corrected chi connectivity index (χ3v) is 3.60. The highest BCUT2D eigenvalue weighted by Gasteiger charge is 2.31. The Morgan fingerprint density at radius 2 is 1.74 bits per heavy atom. The van der Waals surface area contributed by atoms with Gasteiger partial charge in [-0.05, 0) is 18.1 Å². The van der Waals surface area contributed by atoms with E-state index in [1.54, 1.807) is 0 Å². The molecule has 1 saturated carbocycles. The van der Waals surface area contributed by atoms with Crippen molar-refractivity contribution in [1.82, 2.24) is 0 Å². The van der Waals surface area contributed by atoms with Gasteiger partial charge in [0, 0.05) is 17.9 Å². The Kier molecular flexibility index (Phi) is 3.32. The number of carbonyl (C=O) groups is 1. The third-order valence-electron chi connectivity index (χ3n) is 3.60. The molecule has 2 nitrogen and oxygen atoms in total. The molecule has 0 unspecified atom stereocenters. The van der Waals surface area contributed by atoms with Crippen LogP contribution in [0.15, 0.2) is 54.6 Å². The van der Waals surface area contributed by atoms with E-state index < -0.39 is 0 Å². The molecule has 1 aliphatic carbocycles. The average Bonchev–Trinajstić information content (AvgIpc) is 2.46. The van der Waals surface area contributed by atoms with Gasteiger partial charge < -0.3 is 4.74 Å². The largest absolute Gasteiger partial charge is 0.489 e. The zero-order valence-electron chi connectivity index (χ0n) is 10.7. The minimum absolute atomic E-state index is 0.0481. The lowest BCUT2D eigenvalue weighted by molar-refractivity contribution is -0.125. The number of rotatable bonds is 4. The highest BCUT2D eigenvalue weighted by molar-refractivity contribution is 5.91. The van der Waals surface area contributed by atoms with Gasteiger partial charge >= 0.3 is 0 Å². The molecule has 0 heterocycles. The molecule has 0 radical (unpaired) electrons. The first-order valence-electron chi connectivity index (χ1n) is 6.63. The lowest BCUT2D eigenvalue weighted by Crippen LogP contribution is -2.23. The number of benzene rings is 2. The van der Waals surface area contributed by atoms with E-state index in [4.69, 9.17) is 4.74 Å². The molecule has 1 atom stereocenters. The number of ether oxygens (including phenoxy) is 1. The van der Waals surface area contributed by atoms with Crippen LogP contribution < -0.4 is 4.74 Å². The zero-order chi connectivity index (χ0) is 13.1. The Bertz CT molecular complexity index is 575. The monoisotopic (exact) mass is 252 g/mol. The number of carbonyl (C=O) groups excluding carboxylic acids is 1. The number of Topliss-reactive ketones (excluding diaryl/α,β-unsaturated/α-hetero) is 1. The summed E-state index contributed by atoms with van der Waals surface area (Å²) in [6.07, 6.45) is 1.65. The molecular formula is C17H16O2. The smallest absolute Gasteiger partial charge is 0.140 e. The van der Waals surface area contributed by atoms with E-state index in [1.807, 2.05) is 54.6 Å². The van der Waals surface area contributed by atoms with Gasteiger partial charge in [-0.25, -0.2) is 0 Å². The van der Waals surface area contributed by atoms with Crippen molar-refractivity contribution in [2.45, 2.75) is 25.4 Å². The maximum absolute atomic E-state index is 11.6. The fraction of sp³-hybridized carbons (Fsp3) is 0.235. The highest BCUT2D eigenvalue weighted by Crippen LogP contribution is 2.38. The highest BCUT2D eigenvalue weighted by atomic mass is 16.5. The molecule has 0 aliphatic heterocycles. The number of hydrogen-bond donors (Lipinski definition) is 0. The lowest BCUT2D eigenvalue weighted by atomic mass is 9.78. The first-order valence-corrected chi connectivity index (χ1v) is 6.63. The van der Waals surface area contributed by atoms with E-state index >= 15 is 0 Å². The Labute approximate surface area is 113 Å². The Morgan fingerprint density at radius 1 is 1.00 bits per heavy atom. The summed E-state index contributed by atoms with van der Waals surface area (Å²) in [5, 5.41) is 0. The van der Waals surface area contributed by atoms with E-state index in [1.165, 1.54) is 0 Å². The van der Waals surface area contributed by atoms with Gasteiger partial charge in [-0.1, -0.05) is 48.5 Å². The second kappa shape index (κ2) is 5.27. The second-order valence-electron chi connectivity index (χ2n) is 4.87. The summed E-state index contributed by atoms with van der Waals surface area (Å²) in [6.45, 7) is 0.540. The molecule has 96 valence electrons. The van der Waals surface area contributed by atoms with Crippen LogP contribution in [0.1, 0.15) is 29.9 Å². The fourth-order valence-electron chi connectivity index (χ4n) is 2.37. The first kappa shape index (κ1) is 12.0. The van der Waals surface area contributed by atoms with Crippen molar-refractivity contribution >= 4 is 5.78 Å². The molecule has 2 aromatic carbocycles. The van der Waals surface area contributed by atoms with E-state index in [-0.39, 0.29) is 5.92 Å². The normalized spacial score (nSPS) is 17.9. The van der Waals surface area contributed by atoms with Crippen molar-refractivity contribution in [2.24, 2.45) is 0 Å². The molecule has 0 N–H and O–H groups in total. The van der Waals surface area contributed by atoms with E-state index in [2.05, 4.69) is 0 Å². The predicted molar refractivity (Wildman–Crippen MR) is 74.2 cm³/mol. The zero-order valence-corrected chi connectivity index (χ0v) is 10.7. The number of ketones is 1. The van der Waals surface area contributed by atoms with E-state index in [9.17, 15) is 4.79 Å². The molecule has 0 spiro atoms. The quantitative estimate of drug-likeness (QED) is 0.829. The van der Waals surface area contributed by atoms with Gasteiger partial charge in [0.15, 0.2) is 0 Å². The fourth-order valence-corrected chi connectivity index (χ4v) is 2.37. The minimum Gasteiger partial charge on any atom is -0.489 e. The topological polar surface area (TPSA) is 26.3 Å². The van der Waals surface area contributed by atoms with Crippen molar-refractivity contribution in [3.05, 3.63) is 65.7 Å². The molecule has 0 saturated heterocycles. The molecule has 2 heteroatoms. The molecule has 0 amide bonds. The van der Waals surface area contributed by atoms with Crippen LogP contribution >= 0.6 is 0 Å². The van der Waals surface area contributed by atoms with Crippen LogP contribution in [-0.2, 0) is 11.4 Å². The lowest BCUT2D eigenvalue weighted by Gasteiger charge is -2.26. The van der Waals surface area contributed by atoms with Crippen LogP contribution in [0, 0.1) is 0 Å². The predicted octanol–water partition coefficient (Wildman–Crippen LogP) is 3.71. The van der Waals surface area contributed by atoms with Gasteiger partial charge in [0.2, 0.25) is 0 Å². The van der Waals surface area contributed by atoms with Gasteiger partial charge in [-0.3, -0.25) is 4.79 Å². The summed E-state index contributed by atoms with van der Waals surface area (Å²) in [6, 6.07) is 17.9. The van der Waals surface area contributed by atoms with Gasteiger partial charge in [0.25, 0.3) is 0 Å². The number of para-hydroxylation sites is 1. The Morgan fingerprint density at radius 3 is 2.42 bits per heavy atom. The Balaban J connectivity index is 1.76. The van der Waals surface area contributed by atoms with Gasteiger partial charge in [-0.2, -0.15) is 0 Å². The van der Waals surface area contributed by atoms with Gasteiger partial charge in [0.1, 0.15) is 18.1 Å². The number of hydrogen-bond acceptors (Lipinski definition) is 2. The van der Waals surface area contributed by atoms with Crippen LogP contribution in [-0.4, -0.2) is 5.78 Å². The maximum atomic E-state index is 11.6. The van der Waals surface area contributed by atoms with Crippen LogP contribution in [0.2, 0.25) is 0 Å². The second-order valence-corrected chi connectivity index (χ2v) is 4.87. The summed E-state index contributed by atoms with van der Waals surface area (Å²) in [5.41, 5.74) is 2.17. The van der Waals surface area contributed by atoms with Crippen LogP contribution in [0.4, 0.5) is 0 Å². The van der Waals surface area contributed by atoms with E-state index in [0.717, 1.165) is 23.3 Å². The molecule has 0 aromatic heterocycles. The van der Waals surface area contributed by atoms with Gasteiger partial charge in [0.05, 0.1) is 0 Å². The standard InChI is InChI=1S/C17H16O2/c18-16-11-10-14(16)15-8-4-5-9-17(15)19-12-13-6-2-1-3-7-13/h1-9,14H,10-12H2/t14-/m0/s1. The van der Waals surface area contributed by atoms with Crippen molar-refractivity contribution in [3.63, 3.8) is 0 Å². The van der Waals surface area contributed by atoms with Crippen LogP contribution in [0.5, 0.6) is 5.75 Å². The third kappa shape index (κ3) is 2.53. The summed E-state index contributed by atoms with van der Waals surface area (Å²) in [4.78, 5) is 11.6. The molecule has 19 heavy (non-hydrogen) atoms. The summed E-state index contributed by atoms with van der Waals surface area (Å²) < 4.78 is 5.88. The SMILES string of the molecule is O=C1CC[C@H]1c1ccccc1OCc1ccccc1. The first-order chi connectivity index (χ1) is 9.34.